The van der Waals surface area contributed by atoms with Gasteiger partial charge in [-0.05, 0) is 12.8 Å². The highest BCUT2D eigenvalue weighted by Gasteiger charge is 2.95. The Balaban J connectivity index is 6.33. The minimum atomic E-state index is -8.80. The Hall–Kier alpha value is -1.57. The number of rotatable bonds is 26. The van der Waals surface area contributed by atoms with Gasteiger partial charge in [-0.1, -0.05) is 51.9 Å². The molecule has 5 N–H and O–H groups in total. The molecule has 318 valence electrons. The van der Waals surface area contributed by atoms with Crippen LogP contribution in [0.4, 0.5) is 74.6 Å². The Morgan fingerprint density at radius 3 is 1.45 bits per heavy atom. The van der Waals surface area contributed by atoms with E-state index >= 15 is 0 Å². The zero-order valence-electron chi connectivity index (χ0n) is 27.0. The molecule has 0 aliphatic carbocycles. The summed E-state index contributed by atoms with van der Waals surface area (Å²) in [7, 11) is -5.76. The van der Waals surface area contributed by atoms with E-state index in [-0.39, 0.29) is 19.1 Å². The summed E-state index contributed by atoms with van der Waals surface area (Å²) in [5.74, 6) is -57.8. The molecule has 0 aliphatic heterocycles. The standard InChI is InChI=1S/C26H36F17O9P/c1-2-3-4-5-6-7-8-9-14(52-53(49,50)51-13-16(46)18(48)17(47)15(45)12-44)10-11-19(27,28)20(29,30)21(31,32)22(33,34)23(35,36)24(37,38)25(39,40)26(41,42)43/h12,14-18,45-48H,2-11,13H2,1H3,(H,49,50)/t14?,15-,16+,17+,18-/m0/s1. The summed E-state index contributed by atoms with van der Waals surface area (Å²) >= 11 is 0. The van der Waals surface area contributed by atoms with E-state index in [2.05, 4.69) is 9.05 Å². The molecule has 0 saturated heterocycles. The van der Waals surface area contributed by atoms with Gasteiger partial charge in [0.05, 0.1) is 12.7 Å². The molecule has 27 heteroatoms. The summed E-state index contributed by atoms with van der Waals surface area (Å²) in [4.78, 5) is 20.4. The first-order valence-electron chi connectivity index (χ1n) is 15.1. The molecular weight excluding hydrogens is 810 g/mol. The SMILES string of the molecule is CCCCCCCCCC(CCC(F)(F)C(F)(F)C(F)(F)C(F)(F)C(F)(F)C(F)(F)C(F)(F)C(F)(F)F)OP(=O)(O)OC[C@@H](O)[C@H](O)[C@H](O)[C@@H](O)C=O. The van der Waals surface area contributed by atoms with Crippen molar-refractivity contribution in [3.05, 3.63) is 0 Å². The van der Waals surface area contributed by atoms with Crippen molar-refractivity contribution >= 4 is 14.1 Å². The fourth-order valence-corrected chi connectivity index (χ4v) is 5.26. The first-order valence-corrected chi connectivity index (χ1v) is 16.6. The molecule has 0 fully saturated rings. The van der Waals surface area contributed by atoms with E-state index in [4.69, 9.17) is 5.11 Å². The van der Waals surface area contributed by atoms with Gasteiger partial charge in [-0.3, -0.25) is 9.05 Å². The number of aliphatic hydroxyl groups is 4. The van der Waals surface area contributed by atoms with Crippen molar-refractivity contribution in [3.63, 3.8) is 0 Å². The third kappa shape index (κ3) is 11.5. The molecule has 0 aliphatic rings. The van der Waals surface area contributed by atoms with Gasteiger partial charge in [-0.2, -0.15) is 74.6 Å². The van der Waals surface area contributed by atoms with E-state index in [1.165, 1.54) is 0 Å². The molecule has 0 rings (SSSR count). The fourth-order valence-electron chi connectivity index (χ4n) is 4.27. The maximum atomic E-state index is 14.5. The molecule has 0 aromatic carbocycles. The number of hydrogen-bond acceptors (Lipinski definition) is 8. The topological polar surface area (TPSA) is 154 Å². The van der Waals surface area contributed by atoms with E-state index in [9.17, 15) is 104 Å². The average Bonchev–Trinajstić information content (AvgIpc) is 3.03. The third-order valence-corrected chi connectivity index (χ3v) is 8.66. The molecule has 0 radical (unpaired) electrons. The van der Waals surface area contributed by atoms with Crippen LogP contribution in [0.5, 0.6) is 0 Å². The maximum absolute atomic E-state index is 14.5. The summed E-state index contributed by atoms with van der Waals surface area (Å²) in [6.07, 6.45) is -22.8. The number of alkyl halides is 17. The molecule has 53 heavy (non-hydrogen) atoms. The Labute approximate surface area is 289 Å². The molecule has 9 nitrogen and oxygen atoms in total. The zero-order chi connectivity index (χ0) is 42.3. The predicted octanol–water partition coefficient (Wildman–Crippen LogP) is 7.06. The van der Waals surface area contributed by atoms with Gasteiger partial charge in [0, 0.05) is 6.42 Å². The minimum Gasteiger partial charge on any atom is -0.388 e. The van der Waals surface area contributed by atoms with Crippen LogP contribution in [0.1, 0.15) is 71.1 Å². The number of carbonyl (C=O) groups is 1. The highest BCUT2D eigenvalue weighted by molar-refractivity contribution is 7.47. The number of phosphoric acid groups is 1. The molecule has 0 saturated carbocycles. The fraction of sp³-hybridized carbons (Fsp3) is 0.962. The van der Waals surface area contributed by atoms with Gasteiger partial charge in [0.25, 0.3) is 0 Å². The minimum absolute atomic E-state index is 0.130. The lowest BCUT2D eigenvalue weighted by molar-refractivity contribution is -0.461. The van der Waals surface area contributed by atoms with Crippen LogP contribution in [0.15, 0.2) is 0 Å². The number of halogens is 17. The van der Waals surface area contributed by atoms with Crippen molar-refractivity contribution in [2.75, 3.05) is 6.61 Å². The molecule has 0 aromatic rings. The smallest absolute Gasteiger partial charge is 0.388 e. The lowest BCUT2D eigenvalue weighted by Crippen LogP contribution is -2.74. The lowest BCUT2D eigenvalue weighted by atomic mass is 9.87. The van der Waals surface area contributed by atoms with Crippen LogP contribution < -0.4 is 0 Å². The van der Waals surface area contributed by atoms with Crippen LogP contribution in [-0.4, -0.2) is 116 Å². The van der Waals surface area contributed by atoms with Crippen LogP contribution >= 0.6 is 7.82 Å². The van der Waals surface area contributed by atoms with Crippen molar-refractivity contribution in [1.29, 1.82) is 0 Å². The van der Waals surface area contributed by atoms with Crippen LogP contribution in [0.3, 0.4) is 0 Å². The number of hydrogen-bond donors (Lipinski definition) is 5. The van der Waals surface area contributed by atoms with E-state index < -0.39 is 112 Å². The maximum Gasteiger partial charge on any atom is 0.472 e. The molecular formula is C26H36F17O9P. The van der Waals surface area contributed by atoms with E-state index in [1.54, 1.807) is 0 Å². The number of aliphatic hydroxyl groups excluding tert-OH is 4. The second kappa shape index (κ2) is 18.6. The highest BCUT2D eigenvalue weighted by atomic mass is 31.2. The van der Waals surface area contributed by atoms with Crippen LogP contribution in [0.25, 0.3) is 0 Å². The monoisotopic (exact) mass is 846 g/mol. The third-order valence-electron chi connectivity index (χ3n) is 7.62. The van der Waals surface area contributed by atoms with Crippen molar-refractivity contribution in [2.24, 2.45) is 0 Å². The van der Waals surface area contributed by atoms with Crippen molar-refractivity contribution in [1.82, 2.24) is 0 Å². The Bertz CT molecular complexity index is 1190. The number of unbranched alkanes of at least 4 members (excludes halogenated alkanes) is 6. The molecule has 2 unspecified atom stereocenters. The molecule has 0 aromatic heterocycles. The van der Waals surface area contributed by atoms with Gasteiger partial charge in [-0.15, -0.1) is 0 Å². The molecule has 0 amide bonds. The number of phosphoric ester groups is 1. The zero-order valence-corrected chi connectivity index (χ0v) is 27.9. The first-order chi connectivity index (χ1) is 23.6. The van der Waals surface area contributed by atoms with E-state index in [1.807, 2.05) is 6.92 Å². The molecule has 0 spiro atoms. The van der Waals surface area contributed by atoms with Crippen molar-refractivity contribution < 1.29 is 118 Å². The highest BCUT2D eigenvalue weighted by Crippen LogP contribution is 2.64. The molecule has 0 bridgehead atoms. The normalized spacial score (nSPS) is 18.6. The summed E-state index contributed by atoms with van der Waals surface area (Å²) < 4.78 is 253. The van der Waals surface area contributed by atoms with Crippen LogP contribution in [0.2, 0.25) is 0 Å². The van der Waals surface area contributed by atoms with Crippen LogP contribution in [-0.2, 0) is 18.4 Å². The number of aldehydes is 1. The summed E-state index contributed by atoms with van der Waals surface area (Å²) in [5, 5.41) is 38.1. The van der Waals surface area contributed by atoms with Crippen LogP contribution in [0, 0.1) is 0 Å². The largest absolute Gasteiger partial charge is 0.472 e. The second-order valence-electron chi connectivity index (χ2n) is 11.8. The van der Waals surface area contributed by atoms with Gasteiger partial charge in [0.1, 0.15) is 24.4 Å². The van der Waals surface area contributed by atoms with Gasteiger partial charge >= 0.3 is 55.5 Å². The van der Waals surface area contributed by atoms with Crippen molar-refractivity contribution in [2.45, 2.75) is 149 Å². The van der Waals surface area contributed by atoms with Gasteiger partial charge in [-0.25, -0.2) is 4.57 Å². The van der Waals surface area contributed by atoms with E-state index in [0.29, 0.717) is 19.3 Å². The summed E-state index contributed by atoms with van der Waals surface area (Å²) in [6, 6.07) is 0. The summed E-state index contributed by atoms with van der Waals surface area (Å²) in [5.41, 5.74) is 0. The molecule has 6 atom stereocenters. The Morgan fingerprint density at radius 2 is 1.02 bits per heavy atom. The van der Waals surface area contributed by atoms with Gasteiger partial charge in [0.15, 0.2) is 6.29 Å². The van der Waals surface area contributed by atoms with Crippen molar-refractivity contribution in [3.8, 4) is 0 Å². The van der Waals surface area contributed by atoms with E-state index in [0.717, 1.165) is 12.8 Å². The quantitative estimate of drug-likeness (QED) is 0.0267. The van der Waals surface area contributed by atoms with Gasteiger partial charge in [0.2, 0.25) is 0 Å². The average molecular weight is 847 g/mol. The lowest BCUT2D eigenvalue weighted by Gasteiger charge is -2.43. The molecule has 0 heterocycles. The Morgan fingerprint density at radius 1 is 0.604 bits per heavy atom. The number of carbonyl (C=O) groups excluding carboxylic acids is 1. The first kappa shape index (κ1) is 51.4. The van der Waals surface area contributed by atoms with Gasteiger partial charge < -0.3 is 30.1 Å². The summed E-state index contributed by atoms with van der Waals surface area (Å²) in [6.45, 7) is 0.292. The Kier molecular flexibility index (Phi) is 18.0. The second-order valence-corrected chi connectivity index (χ2v) is 13.2. The predicted molar refractivity (Wildman–Crippen MR) is 143 cm³/mol.